The summed E-state index contributed by atoms with van der Waals surface area (Å²) >= 11 is 0. The summed E-state index contributed by atoms with van der Waals surface area (Å²) in [4.78, 5) is 0. The van der Waals surface area contributed by atoms with Gasteiger partial charge in [-0.05, 0) is 36.0 Å². The Morgan fingerprint density at radius 3 is 2.56 bits per heavy atom. The summed E-state index contributed by atoms with van der Waals surface area (Å²) in [6, 6.07) is 14.8. The Labute approximate surface area is 106 Å². The van der Waals surface area contributed by atoms with Crippen molar-refractivity contribution >= 4 is 0 Å². The van der Waals surface area contributed by atoms with Gasteiger partial charge in [0.25, 0.3) is 0 Å². The van der Waals surface area contributed by atoms with Crippen LogP contribution in [-0.2, 0) is 6.61 Å². The van der Waals surface area contributed by atoms with Gasteiger partial charge >= 0.3 is 0 Å². The largest absolute Gasteiger partial charge is 0.489 e. The Kier molecular flexibility index (Phi) is 3.01. The molecule has 1 aliphatic carbocycles. The molecule has 1 fully saturated rings. The molecule has 18 heavy (non-hydrogen) atoms. The minimum atomic E-state index is -0.234. The SMILES string of the molecule is Fc1ccc(C2CC2)c(OCc2ccccc2)c1. The van der Waals surface area contributed by atoms with Crippen molar-refractivity contribution in [3.8, 4) is 5.75 Å². The van der Waals surface area contributed by atoms with Gasteiger partial charge in [0.2, 0.25) is 0 Å². The second kappa shape index (κ2) is 4.81. The highest BCUT2D eigenvalue weighted by Crippen LogP contribution is 2.44. The molecule has 92 valence electrons. The van der Waals surface area contributed by atoms with Gasteiger partial charge in [0, 0.05) is 6.07 Å². The number of hydrogen-bond acceptors (Lipinski definition) is 1. The molecule has 0 amide bonds. The molecule has 1 saturated carbocycles. The van der Waals surface area contributed by atoms with Crippen LogP contribution >= 0.6 is 0 Å². The van der Waals surface area contributed by atoms with E-state index in [1.807, 2.05) is 36.4 Å². The fourth-order valence-electron chi connectivity index (χ4n) is 2.10. The van der Waals surface area contributed by atoms with E-state index in [4.69, 9.17) is 4.74 Å². The van der Waals surface area contributed by atoms with Crippen LogP contribution in [0.3, 0.4) is 0 Å². The summed E-state index contributed by atoms with van der Waals surface area (Å²) in [7, 11) is 0. The summed E-state index contributed by atoms with van der Waals surface area (Å²) in [5.41, 5.74) is 2.25. The van der Waals surface area contributed by atoms with Gasteiger partial charge in [0.05, 0.1) is 0 Å². The molecule has 2 aromatic carbocycles. The number of rotatable bonds is 4. The highest BCUT2D eigenvalue weighted by atomic mass is 19.1. The van der Waals surface area contributed by atoms with E-state index in [9.17, 15) is 4.39 Å². The minimum Gasteiger partial charge on any atom is -0.489 e. The predicted octanol–water partition coefficient (Wildman–Crippen LogP) is 4.28. The molecule has 1 nitrogen and oxygen atoms in total. The van der Waals surface area contributed by atoms with Gasteiger partial charge in [-0.2, -0.15) is 0 Å². The van der Waals surface area contributed by atoms with E-state index in [2.05, 4.69) is 0 Å². The normalized spacial score (nSPS) is 14.5. The van der Waals surface area contributed by atoms with Crippen LogP contribution in [0.5, 0.6) is 5.75 Å². The Balaban J connectivity index is 1.77. The van der Waals surface area contributed by atoms with Crippen molar-refractivity contribution in [2.24, 2.45) is 0 Å². The molecular weight excluding hydrogens is 227 g/mol. The van der Waals surface area contributed by atoms with Crippen molar-refractivity contribution in [2.75, 3.05) is 0 Å². The molecule has 0 heterocycles. The molecule has 0 atom stereocenters. The number of ether oxygens (including phenoxy) is 1. The van der Waals surface area contributed by atoms with E-state index in [0.717, 1.165) is 11.1 Å². The molecule has 0 N–H and O–H groups in total. The van der Waals surface area contributed by atoms with Gasteiger partial charge in [0.15, 0.2) is 0 Å². The third kappa shape index (κ3) is 2.53. The second-order valence-corrected chi connectivity index (χ2v) is 4.73. The maximum Gasteiger partial charge on any atom is 0.126 e. The molecule has 2 heteroatoms. The van der Waals surface area contributed by atoms with Crippen LogP contribution in [0.25, 0.3) is 0 Å². The highest BCUT2D eigenvalue weighted by Gasteiger charge is 2.26. The van der Waals surface area contributed by atoms with Crippen LogP contribution in [0.2, 0.25) is 0 Å². The van der Waals surface area contributed by atoms with Gasteiger partial charge in [-0.3, -0.25) is 0 Å². The molecule has 0 radical (unpaired) electrons. The number of hydrogen-bond donors (Lipinski definition) is 0. The van der Waals surface area contributed by atoms with Crippen LogP contribution in [0.15, 0.2) is 48.5 Å². The fourth-order valence-corrected chi connectivity index (χ4v) is 2.10. The molecule has 0 spiro atoms. The van der Waals surface area contributed by atoms with Crippen LogP contribution < -0.4 is 4.74 Å². The average Bonchev–Trinajstić information content (AvgIpc) is 3.22. The Morgan fingerprint density at radius 2 is 1.83 bits per heavy atom. The topological polar surface area (TPSA) is 9.23 Å². The van der Waals surface area contributed by atoms with Crippen molar-refractivity contribution in [3.05, 3.63) is 65.5 Å². The smallest absolute Gasteiger partial charge is 0.126 e. The molecule has 0 aromatic heterocycles. The molecule has 2 aromatic rings. The summed E-state index contributed by atoms with van der Waals surface area (Å²) in [5, 5.41) is 0. The lowest BCUT2D eigenvalue weighted by molar-refractivity contribution is 0.301. The lowest BCUT2D eigenvalue weighted by Gasteiger charge is -2.11. The standard InChI is InChI=1S/C16H15FO/c17-14-8-9-15(13-6-7-13)16(10-14)18-11-12-4-2-1-3-5-12/h1-5,8-10,13H,6-7,11H2. The van der Waals surface area contributed by atoms with Crippen LogP contribution in [0.4, 0.5) is 4.39 Å². The Hall–Kier alpha value is -1.83. The van der Waals surface area contributed by atoms with Gasteiger partial charge in [-0.25, -0.2) is 4.39 Å². The molecule has 1 aliphatic rings. The maximum atomic E-state index is 13.3. The van der Waals surface area contributed by atoms with E-state index < -0.39 is 0 Å². The van der Waals surface area contributed by atoms with Crippen LogP contribution in [-0.4, -0.2) is 0 Å². The first-order valence-corrected chi connectivity index (χ1v) is 6.29. The first kappa shape index (κ1) is 11.3. The van der Waals surface area contributed by atoms with E-state index in [-0.39, 0.29) is 5.82 Å². The van der Waals surface area contributed by atoms with Crippen molar-refractivity contribution in [1.29, 1.82) is 0 Å². The quantitative estimate of drug-likeness (QED) is 0.777. The van der Waals surface area contributed by atoms with Crippen LogP contribution in [0.1, 0.15) is 29.9 Å². The molecule has 0 saturated heterocycles. The summed E-state index contributed by atoms with van der Waals surface area (Å²) in [6.07, 6.45) is 2.38. The molecule has 0 unspecified atom stereocenters. The zero-order valence-corrected chi connectivity index (χ0v) is 10.1. The van der Waals surface area contributed by atoms with E-state index >= 15 is 0 Å². The van der Waals surface area contributed by atoms with Gasteiger partial charge in [0.1, 0.15) is 18.2 Å². The lowest BCUT2D eigenvalue weighted by atomic mass is 10.1. The maximum absolute atomic E-state index is 13.3. The fraction of sp³-hybridized carbons (Fsp3) is 0.250. The third-order valence-corrected chi connectivity index (χ3v) is 3.23. The highest BCUT2D eigenvalue weighted by molar-refractivity contribution is 5.39. The van der Waals surface area contributed by atoms with Crippen molar-refractivity contribution in [1.82, 2.24) is 0 Å². The predicted molar refractivity (Wildman–Crippen MR) is 69.1 cm³/mol. The summed E-state index contributed by atoms with van der Waals surface area (Å²) in [6.45, 7) is 0.490. The molecule has 0 aliphatic heterocycles. The number of benzene rings is 2. The van der Waals surface area contributed by atoms with Gasteiger partial charge in [-0.1, -0.05) is 36.4 Å². The molecular formula is C16H15FO. The van der Waals surface area contributed by atoms with Crippen molar-refractivity contribution < 1.29 is 9.13 Å². The van der Waals surface area contributed by atoms with Crippen molar-refractivity contribution in [2.45, 2.75) is 25.4 Å². The molecule has 0 bridgehead atoms. The van der Waals surface area contributed by atoms with E-state index in [1.165, 1.54) is 25.0 Å². The van der Waals surface area contributed by atoms with E-state index in [1.54, 1.807) is 0 Å². The molecule has 3 rings (SSSR count). The monoisotopic (exact) mass is 242 g/mol. The zero-order chi connectivity index (χ0) is 12.4. The minimum absolute atomic E-state index is 0.234. The van der Waals surface area contributed by atoms with Crippen molar-refractivity contribution in [3.63, 3.8) is 0 Å². The van der Waals surface area contributed by atoms with Crippen LogP contribution in [0, 0.1) is 5.82 Å². The van der Waals surface area contributed by atoms with Gasteiger partial charge < -0.3 is 4.74 Å². The first-order chi connectivity index (χ1) is 8.83. The number of halogens is 1. The lowest BCUT2D eigenvalue weighted by Crippen LogP contribution is -1.98. The first-order valence-electron chi connectivity index (χ1n) is 6.29. The Bertz CT molecular complexity index is 532. The second-order valence-electron chi connectivity index (χ2n) is 4.73. The van der Waals surface area contributed by atoms with E-state index in [0.29, 0.717) is 18.3 Å². The zero-order valence-electron chi connectivity index (χ0n) is 10.1. The summed E-state index contributed by atoms with van der Waals surface area (Å²) in [5.74, 6) is 1.03. The van der Waals surface area contributed by atoms with Gasteiger partial charge in [-0.15, -0.1) is 0 Å². The Morgan fingerprint density at radius 1 is 1.06 bits per heavy atom. The average molecular weight is 242 g/mol. The summed E-state index contributed by atoms with van der Waals surface area (Å²) < 4.78 is 19.0. The third-order valence-electron chi connectivity index (χ3n) is 3.23.